The molecule has 1 amide bonds. The van der Waals surface area contributed by atoms with Crippen LogP contribution in [0.5, 0.6) is 0 Å². The second kappa shape index (κ2) is 7.68. The zero-order chi connectivity index (χ0) is 18.0. The molecule has 0 aliphatic carbocycles. The fourth-order valence-electron chi connectivity index (χ4n) is 2.91. The van der Waals surface area contributed by atoms with E-state index in [1.165, 1.54) is 7.11 Å². The van der Waals surface area contributed by atoms with Crippen LogP contribution in [0.25, 0.3) is 10.9 Å². The van der Waals surface area contributed by atoms with E-state index in [1.54, 1.807) is 18.2 Å². The van der Waals surface area contributed by atoms with E-state index in [1.807, 2.05) is 18.7 Å². The Balaban J connectivity index is 1.91. The highest BCUT2D eigenvalue weighted by Gasteiger charge is 2.26. The third-order valence-electron chi connectivity index (χ3n) is 4.37. The topological polar surface area (TPSA) is 74.4 Å². The van der Waals surface area contributed by atoms with E-state index < -0.39 is 5.97 Å². The van der Waals surface area contributed by atoms with Crippen LogP contribution in [0.2, 0.25) is 5.02 Å². The lowest BCUT2D eigenvalue weighted by Crippen LogP contribution is -2.46. The summed E-state index contributed by atoms with van der Waals surface area (Å²) >= 11 is 7.97. The summed E-state index contributed by atoms with van der Waals surface area (Å²) in [5.74, 6) is 1.35. The highest BCUT2D eigenvalue weighted by atomic mass is 35.5. The molecule has 1 atom stereocenters. The van der Waals surface area contributed by atoms with E-state index >= 15 is 0 Å². The number of halogens is 1. The van der Waals surface area contributed by atoms with E-state index in [0.29, 0.717) is 21.6 Å². The van der Waals surface area contributed by atoms with Crippen LogP contribution in [-0.2, 0) is 9.53 Å². The largest absolute Gasteiger partial charge is 0.464 e. The van der Waals surface area contributed by atoms with Crippen LogP contribution in [0.3, 0.4) is 0 Å². The molecule has 0 saturated carbocycles. The molecule has 1 aliphatic heterocycles. The number of nitrogens with one attached hydrogen (secondary N) is 2. The van der Waals surface area contributed by atoms with Gasteiger partial charge >= 0.3 is 5.97 Å². The zero-order valence-electron chi connectivity index (χ0n) is 14.1. The van der Waals surface area contributed by atoms with Crippen molar-refractivity contribution in [3.05, 3.63) is 28.9 Å². The first-order chi connectivity index (χ1) is 12.0. The first-order valence-electron chi connectivity index (χ1n) is 8.03. The van der Waals surface area contributed by atoms with Crippen molar-refractivity contribution in [2.45, 2.75) is 13.0 Å². The number of rotatable bonds is 4. The van der Waals surface area contributed by atoms with Gasteiger partial charge in [0, 0.05) is 40.5 Å². The summed E-state index contributed by atoms with van der Waals surface area (Å²) in [4.78, 5) is 30.0. The average Bonchev–Trinajstić information content (AvgIpc) is 2.98. The molecular weight excluding hydrogens is 362 g/mol. The van der Waals surface area contributed by atoms with Gasteiger partial charge in [0.15, 0.2) is 0 Å². The van der Waals surface area contributed by atoms with E-state index in [-0.39, 0.29) is 17.6 Å². The first kappa shape index (κ1) is 18.1. The number of ether oxygens (including phenoxy) is 1. The lowest BCUT2D eigenvalue weighted by molar-refractivity contribution is -0.120. The molecule has 0 spiro atoms. The van der Waals surface area contributed by atoms with Crippen molar-refractivity contribution in [3.63, 3.8) is 0 Å². The number of aromatic amines is 1. The van der Waals surface area contributed by atoms with Gasteiger partial charge in [-0.1, -0.05) is 11.6 Å². The summed E-state index contributed by atoms with van der Waals surface area (Å²) in [5, 5.41) is 4.11. The van der Waals surface area contributed by atoms with Gasteiger partial charge in [-0.05, 0) is 25.1 Å². The summed E-state index contributed by atoms with van der Waals surface area (Å²) in [6.07, 6.45) is 0. The number of benzene rings is 1. The number of esters is 1. The molecule has 0 radical (unpaired) electrons. The monoisotopic (exact) mass is 381 g/mol. The summed E-state index contributed by atoms with van der Waals surface area (Å²) in [7, 11) is 1.31. The molecule has 1 aromatic carbocycles. The second-order valence-corrected chi connectivity index (χ2v) is 7.53. The summed E-state index contributed by atoms with van der Waals surface area (Å²) in [6.45, 7) is 3.64. The maximum absolute atomic E-state index is 12.7. The Kier molecular flexibility index (Phi) is 5.56. The molecule has 0 bridgehead atoms. The fraction of sp³-hybridized carbons (Fsp3) is 0.412. The van der Waals surface area contributed by atoms with Gasteiger partial charge in [-0.2, -0.15) is 11.8 Å². The maximum atomic E-state index is 12.7. The minimum absolute atomic E-state index is 0.155. The third-order valence-corrected chi connectivity index (χ3v) is 5.55. The molecule has 25 heavy (non-hydrogen) atoms. The lowest BCUT2D eigenvalue weighted by atomic mass is 10.2. The molecule has 1 fully saturated rings. The Morgan fingerprint density at radius 3 is 2.76 bits per heavy atom. The van der Waals surface area contributed by atoms with Crippen LogP contribution in [0.1, 0.15) is 17.4 Å². The molecule has 8 heteroatoms. The quantitative estimate of drug-likeness (QED) is 0.796. The molecule has 134 valence electrons. The maximum Gasteiger partial charge on any atom is 0.356 e. The minimum Gasteiger partial charge on any atom is -0.464 e. The summed E-state index contributed by atoms with van der Waals surface area (Å²) < 4.78 is 4.83. The number of carbonyl (C=O) groups is 2. The predicted molar refractivity (Wildman–Crippen MR) is 102 cm³/mol. The van der Waals surface area contributed by atoms with Gasteiger partial charge in [0.1, 0.15) is 5.69 Å². The van der Waals surface area contributed by atoms with Crippen LogP contribution in [0, 0.1) is 0 Å². The molecule has 1 aliphatic rings. The molecule has 2 aromatic rings. The zero-order valence-corrected chi connectivity index (χ0v) is 15.7. The van der Waals surface area contributed by atoms with E-state index in [4.69, 9.17) is 16.3 Å². The molecule has 0 unspecified atom stereocenters. The van der Waals surface area contributed by atoms with Crippen molar-refractivity contribution in [2.75, 3.05) is 37.0 Å². The molecule has 1 saturated heterocycles. The van der Waals surface area contributed by atoms with Crippen molar-refractivity contribution in [1.82, 2.24) is 9.88 Å². The standard InChI is InChI=1S/C17H20ClN3O3S/c1-10(21-5-7-25-8-6-21)16(22)20-14-12-9-11(18)3-4-13(12)19-15(14)17(23)24-2/h3-4,9-10,19H,5-8H2,1-2H3,(H,20,22)/t10-/m0/s1. The number of methoxy groups -OCH3 is 1. The Hall–Kier alpha value is -1.70. The number of thioether (sulfide) groups is 1. The van der Waals surface area contributed by atoms with Crippen LogP contribution in [0.15, 0.2) is 18.2 Å². The summed E-state index contributed by atoms with van der Waals surface area (Å²) in [6, 6.07) is 4.93. The minimum atomic E-state index is -0.537. The van der Waals surface area contributed by atoms with Gasteiger partial charge in [-0.15, -0.1) is 0 Å². The van der Waals surface area contributed by atoms with Crippen LogP contribution in [0.4, 0.5) is 5.69 Å². The van der Waals surface area contributed by atoms with Gasteiger partial charge in [0.25, 0.3) is 0 Å². The highest BCUT2D eigenvalue weighted by Crippen LogP contribution is 2.31. The summed E-state index contributed by atoms with van der Waals surface area (Å²) in [5.41, 5.74) is 1.34. The number of aromatic nitrogens is 1. The number of anilines is 1. The number of carbonyl (C=O) groups excluding carboxylic acids is 2. The number of nitrogens with zero attached hydrogens (tertiary/aromatic N) is 1. The second-order valence-electron chi connectivity index (χ2n) is 5.87. The number of hydrogen-bond donors (Lipinski definition) is 2. The molecule has 3 rings (SSSR count). The SMILES string of the molecule is COC(=O)c1[nH]c2ccc(Cl)cc2c1NC(=O)[C@H](C)N1CCSCC1. The van der Waals surface area contributed by atoms with E-state index in [9.17, 15) is 9.59 Å². The Bertz CT molecular complexity index is 802. The Morgan fingerprint density at radius 1 is 1.36 bits per heavy atom. The highest BCUT2D eigenvalue weighted by molar-refractivity contribution is 7.99. The molecular formula is C17H20ClN3O3S. The van der Waals surface area contributed by atoms with Crippen molar-refractivity contribution in [2.24, 2.45) is 0 Å². The fourth-order valence-corrected chi connectivity index (χ4v) is 4.01. The van der Waals surface area contributed by atoms with Gasteiger partial charge < -0.3 is 15.0 Å². The number of amides is 1. The van der Waals surface area contributed by atoms with Crippen molar-refractivity contribution in [3.8, 4) is 0 Å². The molecule has 1 aromatic heterocycles. The average molecular weight is 382 g/mol. The predicted octanol–water partition coefficient (Wildman–Crippen LogP) is 2.98. The molecule has 2 N–H and O–H groups in total. The molecule has 2 heterocycles. The van der Waals surface area contributed by atoms with E-state index in [2.05, 4.69) is 15.2 Å². The molecule has 6 nitrogen and oxygen atoms in total. The Morgan fingerprint density at radius 2 is 2.08 bits per heavy atom. The third kappa shape index (κ3) is 3.78. The van der Waals surface area contributed by atoms with Crippen molar-refractivity contribution < 1.29 is 14.3 Å². The van der Waals surface area contributed by atoms with Gasteiger partial charge in [0.2, 0.25) is 5.91 Å². The Labute approximate surface area is 155 Å². The van der Waals surface area contributed by atoms with Gasteiger partial charge in [-0.25, -0.2) is 4.79 Å². The van der Waals surface area contributed by atoms with Crippen LogP contribution in [-0.4, -0.2) is 59.5 Å². The number of H-pyrrole nitrogens is 1. The number of fused-ring (bicyclic) bond motifs is 1. The lowest BCUT2D eigenvalue weighted by Gasteiger charge is -2.31. The smallest absolute Gasteiger partial charge is 0.356 e. The van der Waals surface area contributed by atoms with Crippen molar-refractivity contribution in [1.29, 1.82) is 0 Å². The van der Waals surface area contributed by atoms with Crippen LogP contribution >= 0.6 is 23.4 Å². The van der Waals surface area contributed by atoms with Gasteiger partial charge in [-0.3, -0.25) is 9.69 Å². The van der Waals surface area contributed by atoms with Crippen LogP contribution < -0.4 is 5.32 Å². The van der Waals surface area contributed by atoms with Gasteiger partial charge in [0.05, 0.1) is 18.8 Å². The number of hydrogen-bond acceptors (Lipinski definition) is 5. The van der Waals surface area contributed by atoms with E-state index in [0.717, 1.165) is 24.6 Å². The first-order valence-corrected chi connectivity index (χ1v) is 9.56. The normalized spacial score (nSPS) is 16.6. The van der Waals surface area contributed by atoms with Crippen molar-refractivity contribution >= 4 is 51.8 Å².